The van der Waals surface area contributed by atoms with Crippen molar-refractivity contribution in [1.82, 2.24) is 0 Å². The van der Waals surface area contributed by atoms with Crippen molar-refractivity contribution < 1.29 is 13.8 Å². The van der Waals surface area contributed by atoms with E-state index in [0.717, 1.165) is 0 Å². The van der Waals surface area contributed by atoms with Crippen LogP contribution in [0.5, 0.6) is 5.75 Å². The van der Waals surface area contributed by atoms with Crippen LogP contribution >= 0.6 is 8.03 Å². The van der Waals surface area contributed by atoms with E-state index in [0.29, 0.717) is 5.75 Å². The molecule has 0 bridgehead atoms. The molecule has 0 saturated heterocycles. The van der Waals surface area contributed by atoms with E-state index in [2.05, 4.69) is 0 Å². The standard InChI is InChI=1S/C10H15O3P/c1-10(2,14(11)12-3)13-9-7-5-4-6-8-9/h4-8,14H,1-3H3. The van der Waals surface area contributed by atoms with Crippen molar-refractivity contribution in [2.75, 3.05) is 7.11 Å². The molecule has 0 amide bonds. The van der Waals surface area contributed by atoms with Crippen LogP contribution in [0, 0.1) is 0 Å². The second-order valence-corrected chi connectivity index (χ2v) is 5.60. The van der Waals surface area contributed by atoms with Crippen molar-refractivity contribution in [3.63, 3.8) is 0 Å². The molecule has 0 aliphatic heterocycles. The average Bonchev–Trinajstić information content (AvgIpc) is 2.17. The number of hydrogen-bond donors (Lipinski definition) is 0. The second kappa shape index (κ2) is 4.63. The Kier molecular flexibility index (Phi) is 3.73. The van der Waals surface area contributed by atoms with E-state index < -0.39 is 13.4 Å². The fourth-order valence-electron chi connectivity index (χ4n) is 1.07. The zero-order valence-corrected chi connectivity index (χ0v) is 9.61. The molecule has 1 aromatic carbocycles. The van der Waals surface area contributed by atoms with Gasteiger partial charge in [-0.25, -0.2) is 0 Å². The summed E-state index contributed by atoms with van der Waals surface area (Å²) < 4.78 is 21.8. The fourth-order valence-corrected chi connectivity index (χ4v) is 1.76. The normalized spacial score (nSPS) is 13.6. The zero-order valence-electron chi connectivity index (χ0n) is 8.61. The molecule has 1 unspecified atom stereocenters. The molecule has 78 valence electrons. The summed E-state index contributed by atoms with van der Waals surface area (Å²) in [6.45, 7) is 3.51. The molecular formula is C10H15O3P. The Bertz CT molecular complexity index is 308. The number of rotatable bonds is 4. The van der Waals surface area contributed by atoms with Gasteiger partial charge in [-0.1, -0.05) is 18.2 Å². The predicted molar refractivity (Wildman–Crippen MR) is 57.2 cm³/mol. The third-order valence-corrected chi connectivity index (χ3v) is 3.25. The van der Waals surface area contributed by atoms with Crippen molar-refractivity contribution >= 4 is 8.03 Å². The van der Waals surface area contributed by atoms with Crippen LogP contribution in [-0.2, 0) is 9.09 Å². The van der Waals surface area contributed by atoms with E-state index in [1.54, 1.807) is 13.8 Å². The van der Waals surface area contributed by atoms with Gasteiger partial charge in [-0.3, -0.25) is 4.57 Å². The summed E-state index contributed by atoms with van der Waals surface area (Å²) in [7, 11) is -0.747. The highest BCUT2D eigenvalue weighted by Gasteiger charge is 2.27. The molecule has 1 rings (SSSR count). The van der Waals surface area contributed by atoms with Gasteiger partial charge >= 0.3 is 0 Å². The molecule has 0 N–H and O–H groups in total. The zero-order chi connectivity index (χ0) is 10.6. The quantitative estimate of drug-likeness (QED) is 0.723. The van der Waals surface area contributed by atoms with Gasteiger partial charge in [0.2, 0.25) is 8.03 Å². The van der Waals surface area contributed by atoms with Crippen LogP contribution in [-0.4, -0.2) is 12.5 Å². The van der Waals surface area contributed by atoms with Crippen LogP contribution < -0.4 is 4.74 Å². The lowest BCUT2D eigenvalue weighted by Crippen LogP contribution is -2.23. The molecule has 4 heteroatoms. The lowest BCUT2D eigenvalue weighted by Gasteiger charge is -2.24. The average molecular weight is 214 g/mol. The van der Waals surface area contributed by atoms with Crippen LogP contribution in [0.4, 0.5) is 0 Å². The van der Waals surface area contributed by atoms with Gasteiger partial charge in [0, 0.05) is 7.11 Å². The van der Waals surface area contributed by atoms with Gasteiger partial charge in [0.1, 0.15) is 5.75 Å². The van der Waals surface area contributed by atoms with Gasteiger partial charge in [0.25, 0.3) is 0 Å². The van der Waals surface area contributed by atoms with Gasteiger partial charge in [-0.05, 0) is 26.0 Å². The Labute approximate surface area is 84.9 Å². The van der Waals surface area contributed by atoms with Gasteiger partial charge in [0.15, 0.2) is 5.34 Å². The smallest absolute Gasteiger partial charge is 0.233 e. The van der Waals surface area contributed by atoms with E-state index in [-0.39, 0.29) is 0 Å². The summed E-state index contributed by atoms with van der Waals surface area (Å²) in [5.74, 6) is 0.702. The maximum Gasteiger partial charge on any atom is 0.233 e. The molecule has 0 radical (unpaired) electrons. The minimum atomic E-state index is -2.17. The van der Waals surface area contributed by atoms with E-state index in [4.69, 9.17) is 9.26 Å². The first-order valence-electron chi connectivity index (χ1n) is 4.39. The largest absolute Gasteiger partial charge is 0.478 e. The number of ether oxygens (including phenoxy) is 1. The van der Waals surface area contributed by atoms with Crippen molar-refractivity contribution in [3.05, 3.63) is 30.3 Å². The Balaban J connectivity index is 2.73. The number of para-hydroxylation sites is 1. The molecule has 0 aliphatic rings. The second-order valence-electron chi connectivity index (χ2n) is 3.42. The first-order valence-corrected chi connectivity index (χ1v) is 5.70. The molecule has 1 aromatic rings. The Morgan fingerprint density at radius 1 is 1.21 bits per heavy atom. The number of benzene rings is 1. The molecule has 0 fully saturated rings. The first kappa shape index (κ1) is 11.3. The molecule has 0 aliphatic carbocycles. The van der Waals surface area contributed by atoms with Gasteiger partial charge < -0.3 is 9.26 Å². The fraction of sp³-hybridized carbons (Fsp3) is 0.400. The molecule has 14 heavy (non-hydrogen) atoms. The van der Waals surface area contributed by atoms with Gasteiger partial charge in [-0.2, -0.15) is 0 Å². The first-order chi connectivity index (χ1) is 6.56. The predicted octanol–water partition coefficient (Wildman–Crippen LogP) is 2.92. The van der Waals surface area contributed by atoms with Crippen LogP contribution in [0.25, 0.3) is 0 Å². The minimum absolute atomic E-state index is 0.702. The summed E-state index contributed by atoms with van der Waals surface area (Å²) in [5.41, 5.74) is 0. The van der Waals surface area contributed by atoms with Crippen LogP contribution in [0.2, 0.25) is 0 Å². The lowest BCUT2D eigenvalue weighted by atomic mass is 10.3. The van der Waals surface area contributed by atoms with Gasteiger partial charge in [-0.15, -0.1) is 0 Å². The van der Waals surface area contributed by atoms with Gasteiger partial charge in [0.05, 0.1) is 0 Å². The van der Waals surface area contributed by atoms with E-state index in [1.807, 2.05) is 30.3 Å². The Morgan fingerprint density at radius 3 is 2.29 bits per heavy atom. The minimum Gasteiger partial charge on any atom is -0.478 e. The summed E-state index contributed by atoms with van der Waals surface area (Å²) in [6.07, 6.45) is 0. The molecule has 0 heterocycles. The van der Waals surface area contributed by atoms with E-state index >= 15 is 0 Å². The van der Waals surface area contributed by atoms with Crippen molar-refractivity contribution in [2.24, 2.45) is 0 Å². The Hall–Kier alpha value is -0.790. The molecule has 1 atom stereocenters. The van der Waals surface area contributed by atoms with Crippen molar-refractivity contribution in [1.29, 1.82) is 0 Å². The summed E-state index contributed by atoms with van der Waals surface area (Å²) >= 11 is 0. The van der Waals surface area contributed by atoms with E-state index in [1.165, 1.54) is 7.11 Å². The highest BCUT2D eigenvalue weighted by Crippen LogP contribution is 2.40. The highest BCUT2D eigenvalue weighted by atomic mass is 31.1. The molecule has 3 nitrogen and oxygen atoms in total. The topological polar surface area (TPSA) is 35.5 Å². The summed E-state index contributed by atoms with van der Waals surface area (Å²) in [4.78, 5) is 0. The maximum atomic E-state index is 11.5. The third kappa shape index (κ3) is 2.86. The molecule has 0 aromatic heterocycles. The summed E-state index contributed by atoms with van der Waals surface area (Å²) in [6, 6.07) is 9.29. The van der Waals surface area contributed by atoms with Crippen LogP contribution in [0.15, 0.2) is 30.3 Å². The molecular weight excluding hydrogens is 199 g/mol. The Morgan fingerprint density at radius 2 is 1.79 bits per heavy atom. The summed E-state index contributed by atoms with van der Waals surface area (Å²) in [5, 5.41) is -0.763. The SMILES string of the molecule is CO[PH](=O)C(C)(C)Oc1ccccc1. The van der Waals surface area contributed by atoms with Crippen molar-refractivity contribution in [3.8, 4) is 5.75 Å². The van der Waals surface area contributed by atoms with E-state index in [9.17, 15) is 4.57 Å². The highest BCUT2D eigenvalue weighted by molar-refractivity contribution is 7.40. The monoisotopic (exact) mass is 214 g/mol. The molecule has 0 spiro atoms. The number of hydrogen-bond acceptors (Lipinski definition) is 3. The maximum absolute atomic E-state index is 11.5. The van der Waals surface area contributed by atoms with Crippen molar-refractivity contribution in [2.45, 2.75) is 19.2 Å². The molecule has 0 saturated carbocycles. The third-order valence-electron chi connectivity index (χ3n) is 1.79. The van der Waals surface area contributed by atoms with Crippen LogP contribution in [0.3, 0.4) is 0 Å². The lowest BCUT2D eigenvalue weighted by molar-refractivity contribution is 0.176. The van der Waals surface area contributed by atoms with Crippen LogP contribution in [0.1, 0.15) is 13.8 Å².